The summed E-state index contributed by atoms with van der Waals surface area (Å²) in [6.07, 6.45) is -0.986. The number of carboxylic acids is 1. The highest BCUT2D eigenvalue weighted by Gasteiger charge is 2.26. The van der Waals surface area contributed by atoms with Gasteiger partial charge in [-0.25, -0.2) is 9.59 Å². The molecule has 0 spiro atoms. The molecule has 0 aromatic carbocycles. The van der Waals surface area contributed by atoms with Crippen molar-refractivity contribution in [1.29, 1.82) is 0 Å². The highest BCUT2D eigenvalue weighted by Crippen LogP contribution is 2.04. The SMILES string of the molecule is O=C1CC[C@@H](C(=O)O)NC(=O)O1. The van der Waals surface area contributed by atoms with E-state index in [0.717, 1.165) is 0 Å². The molecule has 0 unspecified atom stereocenters. The van der Waals surface area contributed by atoms with Crippen LogP contribution >= 0.6 is 0 Å². The fraction of sp³-hybridized carbons (Fsp3) is 0.500. The Morgan fingerprint density at radius 2 is 2.25 bits per heavy atom. The molecule has 2 N–H and O–H groups in total. The van der Waals surface area contributed by atoms with E-state index in [1.165, 1.54) is 0 Å². The number of carboxylic acid groups (broad SMARTS) is 1. The Bertz CT molecular complexity index is 236. The Hall–Kier alpha value is -1.59. The number of cyclic esters (lactones) is 2. The molecule has 1 aliphatic rings. The van der Waals surface area contributed by atoms with Crippen molar-refractivity contribution in [3.05, 3.63) is 0 Å². The molecule has 0 aromatic heterocycles. The highest BCUT2D eigenvalue weighted by molar-refractivity contribution is 5.89. The Morgan fingerprint density at radius 3 is 2.83 bits per heavy atom. The van der Waals surface area contributed by atoms with Crippen molar-refractivity contribution in [3.63, 3.8) is 0 Å². The number of alkyl carbamates (subject to hydrolysis) is 1. The van der Waals surface area contributed by atoms with Gasteiger partial charge in [0.1, 0.15) is 6.04 Å². The van der Waals surface area contributed by atoms with Crippen LogP contribution in [0.4, 0.5) is 4.79 Å². The number of nitrogens with one attached hydrogen (secondary N) is 1. The van der Waals surface area contributed by atoms with Crippen molar-refractivity contribution >= 4 is 18.0 Å². The molecule has 1 atom stereocenters. The fourth-order valence-electron chi connectivity index (χ4n) is 0.846. The number of hydrogen-bond donors (Lipinski definition) is 2. The van der Waals surface area contributed by atoms with E-state index in [1.807, 2.05) is 5.32 Å². The summed E-state index contributed by atoms with van der Waals surface area (Å²) >= 11 is 0. The lowest BCUT2D eigenvalue weighted by molar-refractivity contribution is -0.139. The Kier molecular flexibility index (Phi) is 2.27. The van der Waals surface area contributed by atoms with E-state index >= 15 is 0 Å². The normalized spacial score (nSPS) is 23.8. The monoisotopic (exact) mass is 173 g/mol. The number of aliphatic carboxylic acids is 1. The largest absolute Gasteiger partial charge is 0.480 e. The summed E-state index contributed by atoms with van der Waals surface area (Å²) in [4.78, 5) is 31.6. The average molecular weight is 173 g/mol. The fourth-order valence-corrected chi connectivity index (χ4v) is 0.846. The first-order chi connectivity index (χ1) is 5.59. The second-order valence-corrected chi connectivity index (χ2v) is 2.34. The van der Waals surface area contributed by atoms with Crippen LogP contribution in [0.3, 0.4) is 0 Å². The molecule has 1 heterocycles. The maximum Gasteiger partial charge on any atom is 0.415 e. The number of ether oxygens (including phenoxy) is 1. The van der Waals surface area contributed by atoms with E-state index in [9.17, 15) is 14.4 Å². The molecule has 1 aliphatic heterocycles. The number of rotatable bonds is 1. The van der Waals surface area contributed by atoms with Crippen molar-refractivity contribution in [3.8, 4) is 0 Å². The van der Waals surface area contributed by atoms with Gasteiger partial charge in [-0.05, 0) is 6.42 Å². The minimum absolute atomic E-state index is 0.0598. The standard InChI is InChI=1S/C6H7NO5/c8-4-2-1-3(5(9)10)7-6(11)12-4/h3H,1-2H2,(H,7,11)(H,9,10)/t3-/m0/s1. The van der Waals surface area contributed by atoms with Gasteiger partial charge in [0.15, 0.2) is 0 Å². The second kappa shape index (κ2) is 3.21. The maximum absolute atomic E-state index is 10.6. The molecule has 0 aromatic rings. The van der Waals surface area contributed by atoms with Crippen molar-refractivity contribution in [1.82, 2.24) is 5.32 Å². The summed E-state index contributed by atoms with van der Waals surface area (Å²) in [5, 5.41) is 10.5. The number of carbonyl (C=O) groups is 3. The van der Waals surface area contributed by atoms with Crippen molar-refractivity contribution in [2.24, 2.45) is 0 Å². The number of hydrogen-bond acceptors (Lipinski definition) is 4. The van der Waals surface area contributed by atoms with Crippen LogP contribution in [0.5, 0.6) is 0 Å². The van der Waals surface area contributed by atoms with Crippen molar-refractivity contribution < 1.29 is 24.2 Å². The van der Waals surface area contributed by atoms with Crippen molar-refractivity contribution in [2.45, 2.75) is 18.9 Å². The molecule has 0 aliphatic carbocycles. The smallest absolute Gasteiger partial charge is 0.415 e. The minimum atomic E-state index is -1.17. The van der Waals surface area contributed by atoms with Crippen LogP contribution in [0.25, 0.3) is 0 Å². The number of esters is 1. The van der Waals surface area contributed by atoms with Gasteiger partial charge in [0.05, 0.1) is 0 Å². The zero-order valence-corrected chi connectivity index (χ0v) is 6.07. The number of amides is 1. The quantitative estimate of drug-likeness (QED) is 0.411. The molecule has 66 valence electrons. The van der Waals surface area contributed by atoms with E-state index in [1.54, 1.807) is 0 Å². The van der Waals surface area contributed by atoms with E-state index in [-0.39, 0.29) is 12.8 Å². The van der Waals surface area contributed by atoms with Crippen molar-refractivity contribution in [2.75, 3.05) is 0 Å². The van der Waals surface area contributed by atoms with Crippen LogP contribution in [0.15, 0.2) is 0 Å². The van der Waals surface area contributed by atoms with Gasteiger partial charge in [0, 0.05) is 6.42 Å². The molecule has 1 saturated heterocycles. The molecule has 1 fully saturated rings. The molecule has 0 bridgehead atoms. The lowest BCUT2D eigenvalue weighted by Gasteiger charge is -2.06. The lowest BCUT2D eigenvalue weighted by Crippen LogP contribution is -2.39. The van der Waals surface area contributed by atoms with Gasteiger partial charge in [-0.2, -0.15) is 0 Å². The Labute approximate surface area is 67.5 Å². The predicted octanol–water partition coefficient (Wildman–Crippen LogP) is -0.514. The molecule has 6 nitrogen and oxygen atoms in total. The van der Waals surface area contributed by atoms with Gasteiger partial charge in [0.2, 0.25) is 0 Å². The van der Waals surface area contributed by atoms with Crippen LogP contribution in [-0.2, 0) is 14.3 Å². The molecule has 6 heteroatoms. The van der Waals surface area contributed by atoms with Gasteiger partial charge in [0.25, 0.3) is 0 Å². The molecule has 0 saturated carbocycles. The van der Waals surface area contributed by atoms with Gasteiger partial charge in [-0.15, -0.1) is 0 Å². The number of carbonyl (C=O) groups excluding carboxylic acids is 2. The minimum Gasteiger partial charge on any atom is -0.480 e. The Balaban J connectivity index is 2.64. The molecule has 1 rings (SSSR count). The highest BCUT2D eigenvalue weighted by atomic mass is 16.6. The first-order valence-corrected chi connectivity index (χ1v) is 3.33. The van der Waals surface area contributed by atoms with E-state index < -0.39 is 24.1 Å². The predicted molar refractivity (Wildman–Crippen MR) is 35.3 cm³/mol. The van der Waals surface area contributed by atoms with Crippen LogP contribution in [-0.4, -0.2) is 29.2 Å². The molecule has 1 amide bonds. The zero-order valence-electron chi connectivity index (χ0n) is 6.07. The molecule has 0 radical (unpaired) electrons. The van der Waals surface area contributed by atoms with Crippen LogP contribution < -0.4 is 5.32 Å². The van der Waals surface area contributed by atoms with Gasteiger partial charge in [-0.1, -0.05) is 0 Å². The molecular weight excluding hydrogens is 166 g/mol. The third-order valence-corrected chi connectivity index (χ3v) is 1.43. The van der Waals surface area contributed by atoms with Crippen LogP contribution in [0, 0.1) is 0 Å². The summed E-state index contributed by atoms with van der Waals surface area (Å²) in [7, 11) is 0. The summed E-state index contributed by atoms with van der Waals surface area (Å²) in [6, 6.07) is -1.02. The summed E-state index contributed by atoms with van der Waals surface area (Å²) in [5.74, 6) is -1.86. The summed E-state index contributed by atoms with van der Waals surface area (Å²) in [6.45, 7) is 0. The maximum atomic E-state index is 10.6. The summed E-state index contributed by atoms with van der Waals surface area (Å²) in [5.41, 5.74) is 0. The van der Waals surface area contributed by atoms with E-state index in [4.69, 9.17) is 5.11 Å². The molecular formula is C6H7NO5. The lowest BCUT2D eigenvalue weighted by atomic mass is 10.2. The van der Waals surface area contributed by atoms with Gasteiger partial charge >= 0.3 is 18.0 Å². The summed E-state index contributed by atoms with van der Waals surface area (Å²) < 4.78 is 4.14. The van der Waals surface area contributed by atoms with E-state index in [2.05, 4.69) is 4.74 Å². The average Bonchev–Trinajstić information content (AvgIpc) is 2.11. The van der Waals surface area contributed by atoms with Gasteiger partial charge < -0.3 is 15.2 Å². The third-order valence-electron chi connectivity index (χ3n) is 1.43. The molecule has 12 heavy (non-hydrogen) atoms. The van der Waals surface area contributed by atoms with Crippen LogP contribution in [0.2, 0.25) is 0 Å². The van der Waals surface area contributed by atoms with Gasteiger partial charge in [-0.3, -0.25) is 4.79 Å². The Morgan fingerprint density at radius 1 is 1.58 bits per heavy atom. The zero-order chi connectivity index (χ0) is 9.14. The third kappa shape index (κ3) is 1.94. The topological polar surface area (TPSA) is 92.7 Å². The first-order valence-electron chi connectivity index (χ1n) is 3.33. The van der Waals surface area contributed by atoms with E-state index in [0.29, 0.717) is 0 Å². The second-order valence-electron chi connectivity index (χ2n) is 2.34. The van der Waals surface area contributed by atoms with Crippen LogP contribution in [0.1, 0.15) is 12.8 Å². The first kappa shape index (κ1) is 8.51.